The minimum Gasteiger partial charge on any atom is -0.350 e. The van der Waals surface area contributed by atoms with Gasteiger partial charge in [-0.2, -0.15) is 0 Å². The van der Waals surface area contributed by atoms with Gasteiger partial charge in [0, 0.05) is 42.3 Å². The van der Waals surface area contributed by atoms with Crippen molar-refractivity contribution in [3.8, 4) is 11.3 Å². The average Bonchev–Trinajstić information content (AvgIpc) is 2.96. The Kier molecular flexibility index (Phi) is 8.40. The van der Waals surface area contributed by atoms with Crippen LogP contribution in [0.2, 0.25) is 10.0 Å². The molecule has 7 nitrogen and oxygen atoms in total. The van der Waals surface area contributed by atoms with Crippen LogP contribution in [0.5, 0.6) is 0 Å². The molecule has 1 amide bonds. The van der Waals surface area contributed by atoms with E-state index in [2.05, 4.69) is 43.4 Å². The summed E-state index contributed by atoms with van der Waals surface area (Å²) in [7, 11) is 0. The first-order chi connectivity index (χ1) is 19.2. The van der Waals surface area contributed by atoms with Crippen LogP contribution < -0.4 is 4.90 Å². The lowest BCUT2D eigenvalue weighted by atomic mass is 10.0. The second-order valence-electron chi connectivity index (χ2n) is 10.2. The molecule has 1 aromatic carbocycles. The Balaban J connectivity index is 1.67. The topological polar surface area (TPSA) is 64.9 Å². The van der Waals surface area contributed by atoms with Crippen LogP contribution in [-0.4, -0.2) is 70.1 Å². The zero-order valence-electron chi connectivity index (χ0n) is 23.1. The second kappa shape index (κ2) is 11.8. The Morgan fingerprint density at radius 1 is 1.15 bits per heavy atom. The van der Waals surface area contributed by atoms with E-state index < -0.39 is 0 Å². The summed E-state index contributed by atoms with van der Waals surface area (Å²) in [5.74, 6) is 1.72. The Morgan fingerprint density at radius 2 is 1.93 bits per heavy atom. The summed E-state index contributed by atoms with van der Waals surface area (Å²) in [4.78, 5) is 34.7. The van der Waals surface area contributed by atoms with Crippen LogP contribution in [0.15, 0.2) is 65.1 Å². The fourth-order valence-electron chi connectivity index (χ4n) is 5.32. The van der Waals surface area contributed by atoms with E-state index in [1.165, 1.54) is 6.08 Å². The van der Waals surface area contributed by atoms with Crippen LogP contribution in [0.1, 0.15) is 37.9 Å². The van der Waals surface area contributed by atoms with Crippen molar-refractivity contribution in [2.24, 2.45) is 4.99 Å². The smallest absolute Gasteiger partial charge is 0.246 e. The molecule has 0 saturated carbocycles. The van der Waals surface area contributed by atoms with Gasteiger partial charge in [0.05, 0.1) is 32.7 Å². The highest BCUT2D eigenvalue weighted by atomic mass is 35.5. The van der Waals surface area contributed by atoms with E-state index in [9.17, 15) is 4.79 Å². The predicted molar refractivity (Wildman–Crippen MR) is 166 cm³/mol. The van der Waals surface area contributed by atoms with E-state index in [-0.39, 0.29) is 17.9 Å². The van der Waals surface area contributed by atoms with Crippen LogP contribution in [0, 0.1) is 0 Å². The number of fused-ring (bicyclic) bond motifs is 1. The van der Waals surface area contributed by atoms with Gasteiger partial charge in [0.2, 0.25) is 5.91 Å². The van der Waals surface area contributed by atoms with Crippen LogP contribution in [0.25, 0.3) is 11.3 Å². The number of piperazine rings is 1. The third kappa shape index (κ3) is 5.20. The minimum absolute atomic E-state index is 0.0456. The lowest BCUT2D eigenvalue weighted by molar-refractivity contribution is -0.128. The molecule has 0 unspecified atom stereocenters. The Bertz CT molecular complexity index is 1490. The number of rotatable bonds is 5. The van der Waals surface area contributed by atoms with Crippen molar-refractivity contribution < 1.29 is 4.79 Å². The van der Waals surface area contributed by atoms with Gasteiger partial charge >= 0.3 is 0 Å². The van der Waals surface area contributed by atoms with Crippen molar-refractivity contribution >= 4 is 58.2 Å². The fraction of sp³-hybridized carbons (Fsp3) is 0.333. The molecule has 0 radical (unpaired) electrons. The van der Waals surface area contributed by atoms with Gasteiger partial charge in [-0.15, -0.1) is 11.8 Å². The lowest BCUT2D eigenvalue weighted by Gasteiger charge is -2.43. The van der Waals surface area contributed by atoms with Gasteiger partial charge in [0.25, 0.3) is 0 Å². The van der Waals surface area contributed by atoms with Gasteiger partial charge < -0.3 is 14.7 Å². The molecule has 40 heavy (non-hydrogen) atoms. The van der Waals surface area contributed by atoms with Crippen molar-refractivity contribution in [3.05, 3.63) is 76.6 Å². The maximum Gasteiger partial charge on any atom is 0.246 e. The molecule has 1 saturated heterocycles. The minimum atomic E-state index is -0.0554. The largest absolute Gasteiger partial charge is 0.350 e. The number of anilines is 2. The maximum absolute atomic E-state index is 12.3. The number of carbonyl (C=O) groups is 1. The zero-order chi connectivity index (χ0) is 28.6. The molecule has 2 aliphatic rings. The van der Waals surface area contributed by atoms with Gasteiger partial charge in [-0.25, -0.2) is 9.98 Å². The maximum atomic E-state index is 12.3. The monoisotopic (exact) mass is 594 g/mol. The van der Waals surface area contributed by atoms with Crippen molar-refractivity contribution in [2.45, 2.75) is 37.6 Å². The molecule has 0 bridgehead atoms. The van der Waals surface area contributed by atoms with E-state index in [4.69, 9.17) is 38.2 Å². The number of pyridine rings is 2. The van der Waals surface area contributed by atoms with Crippen molar-refractivity contribution in [2.75, 3.05) is 37.5 Å². The van der Waals surface area contributed by atoms with E-state index in [0.29, 0.717) is 42.0 Å². The summed E-state index contributed by atoms with van der Waals surface area (Å²) in [6.07, 6.45) is 5.30. The van der Waals surface area contributed by atoms with E-state index in [1.807, 2.05) is 47.5 Å². The molecule has 1 atom stereocenters. The highest BCUT2D eigenvalue weighted by Gasteiger charge is 2.35. The highest BCUT2D eigenvalue weighted by molar-refractivity contribution is 7.98. The molecule has 0 aliphatic carbocycles. The summed E-state index contributed by atoms with van der Waals surface area (Å²) >= 11 is 15.2. The van der Waals surface area contributed by atoms with Gasteiger partial charge in [-0.05, 0) is 43.4 Å². The SMILES string of the molecule is C=CC(=O)N1CCN(C2=NCN(c3c(SC)ccnc3C(C)C)c3nc(-c4ccccc4Cl)c(Cl)cc32)[C@@H](C)C1. The molecule has 4 heterocycles. The van der Waals surface area contributed by atoms with Crippen LogP contribution in [-0.2, 0) is 4.79 Å². The third-order valence-electron chi connectivity index (χ3n) is 7.28. The summed E-state index contributed by atoms with van der Waals surface area (Å²) in [5.41, 5.74) is 4.22. The number of aromatic nitrogens is 2. The van der Waals surface area contributed by atoms with Crippen LogP contribution in [0.3, 0.4) is 0 Å². The summed E-state index contributed by atoms with van der Waals surface area (Å²) in [6.45, 7) is 12.2. The number of carbonyl (C=O) groups excluding carboxylic acids is 1. The van der Waals surface area contributed by atoms with Gasteiger partial charge in [-0.1, -0.05) is 61.8 Å². The lowest BCUT2D eigenvalue weighted by Crippen LogP contribution is -2.56. The number of benzene rings is 1. The Morgan fingerprint density at radius 3 is 2.60 bits per heavy atom. The second-order valence-corrected chi connectivity index (χ2v) is 11.8. The van der Waals surface area contributed by atoms with Gasteiger partial charge in [0.15, 0.2) is 0 Å². The third-order valence-corrected chi connectivity index (χ3v) is 8.67. The van der Waals surface area contributed by atoms with Crippen molar-refractivity contribution in [1.82, 2.24) is 19.8 Å². The molecule has 2 aromatic heterocycles. The molecular weight excluding hydrogens is 563 g/mol. The molecule has 0 N–H and O–H groups in total. The van der Waals surface area contributed by atoms with Gasteiger partial charge in [0.1, 0.15) is 18.3 Å². The van der Waals surface area contributed by atoms with E-state index in [1.54, 1.807) is 11.8 Å². The summed E-state index contributed by atoms with van der Waals surface area (Å²) < 4.78 is 0. The molecule has 5 rings (SSSR count). The van der Waals surface area contributed by atoms with Crippen LogP contribution >= 0.6 is 35.0 Å². The standard InChI is InChI=1S/C30H32Cl2N6OS/c1-6-25(39)36-13-14-37(19(4)16-36)29-21-15-23(32)27(20-9-7-8-10-22(20)31)35-30(21)38(17-34-29)28-24(40-5)11-12-33-26(28)18(2)3/h6-12,15,18-19H,1,13-14,16-17H2,2-5H3/t19-/m0/s1. The Hall–Kier alpha value is -3.07. The normalized spacial score (nSPS) is 17.1. The molecule has 10 heteroatoms. The highest BCUT2D eigenvalue weighted by Crippen LogP contribution is 2.43. The summed E-state index contributed by atoms with van der Waals surface area (Å²) in [6, 6.07) is 11.6. The predicted octanol–water partition coefficient (Wildman–Crippen LogP) is 6.87. The first-order valence-electron chi connectivity index (χ1n) is 13.2. The average molecular weight is 596 g/mol. The quantitative estimate of drug-likeness (QED) is 0.237. The first kappa shape index (κ1) is 28.5. The number of nitrogens with zero attached hydrogens (tertiary/aromatic N) is 6. The van der Waals surface area contributed by atoms with E-state index in [0.717, 1.165) is 39.1 Å². The van der Waals surface area contributed by atoms with Gasteiger partial charge in [-0.3, -0.25) is 9.78 Å². The zero-order valence-corrected chi connectivity index (χ0v) is 25.4. The molecule has 1 fully saturated rings. The van der Waals surface area contributed by atoms with Crippen LogP contribution in [0.4, 0.5) is 11.5 Å². The first-order valence-corrected chi connectivity index (χ1v) is 15.2. The number of amidine groups is 1. The molecular formula is C30H32Cl2N6OS. The number of aliphatic imine (C=N–C) groups is 1. The summed E-state index contributed by atoms with van der Waals surface area (Å²) in [5, 5.41) is 1.08. The molecule has 3 aromatic rings. The van der Waals surface area contributed by atoms with Crippen molar-refractivity contribution in [3.63, 3.8) is 0 Å². The number of hydrogen-bond acceptors (Lipinski definition) is 7. The number of hydrogen-bond donors (Lipinski definition) is 0. The van der Waals surface area contributed by atoms with Crippen molar-refractivity contribution in [1.29, 1.82) is 0 Å². The number of thioether (sulfide) groups is 1. The Labute approximate surface area is 249 Å². The number of amides is 1. The van der Waals surface area contributed by atoms with E-state index >= 15 is 0 Å². The number of halogens is 2. The molecule has 0 spiro atoms. The molecule has 208 valence electrons. The molecule has 2 aliphatic heterocycles. The fourth-order valence-corrected chi connectivity index (χ4v) is 6.40.